The average Bonchev–Trinajstić information content (AvgIpc) is 2.97. The molecule has 0 fully saturated rings. The van der Waals surface area contributed by atoms with Gasteiger partial charge in [-0.2, -0.15) is 0 Å². The number of nitrogens with zero attached hydrogens (tertiary/aromatic N) is 1. The van der Waals surface area contributed by atoms with Crippen molar-refractivity contribution in [1.29, 1.82) is 0 Å². The molecule has 0 bridgehead atoms. The number of hydrogen-bond donors (Lipinski definition) is 1. The second kappa shape index (κ2) is 6.14. The predicted molar refractivity (Wildman–Crippen MR) is 75.2 cm³/mol. The Balaban J connectivity index is 2.02. The summed E-state index contributed by atoms with van der Waals surface area (Å²) in [7, 11) is 1.70. The van der Waals surface area contributed by atoms with Gasteiger partial charge in [-0.15, -0.1) is 22.7 Å². The highest BCUT2D eigenvalue weighted by Gasteiger charge is 2.06. The lowest BCUT2D eigenvalue weighted by atomic mass is 10.3. The Kier molecular flexibility index (Phi) is 4.53. The van der Waals surface area contributed by atoms with Gasteiger partial charge >= 0.3 is 0 Å². The first-order valence-electron chi connectivity index (χ1n) is 5.61. The number of ether oxygens (including phenoxy) is 1. The standard InChI is InChI=1S/C12H16N2OS2/c1-3-9-4-5-11(17-9)10-8-16-12(14-10)13-6-7-15-2/h4-5,8H,3,6-7H2,1-2H3,(H,13,14). The largest absolute Gasteiger partial charge is 0.383 e. The first-order chi connectivity index (χ1) is 8.33. The molecular weight excluding hydrogens is 252 g/mol. The number of aromatic nitrogens is 1. The molecule has 0 aromatic carbocycles. The lowest BCUT2D eigenvalue weighted by molar-refractivity contribution is 0.211. The minimum absolute atomic E-state index is 0.702. The Labute approximate surface area is 109 Å². The molecule has 2 aromatic heterocycles. The molecule has 5 heteroatoms. The normalized spacial score (nSPS) is 10.7. The third kappa shape index (κ3) is 3.28. The van der Waals surface area contributed by atoms with E-state index < -0.39 is 0 Å². The summed E-state index contributed by atoms with van der Waals surface area (Å²) in [6.45, 7) is 3.68. The molecule has 0 atom stereocenters. The van der Waals surface area contributed by atoms with Crippen molar-refractivity contribution < 1.29 is 4.74 Å². The van der Waals surface area contributed by atoms with Crippen LogP contribution in [0.2, 0.25) is 0 Å². The summed E-state index contributed by atoms with van der Waals surface area (Å²) in [5.41, 5.74) is 1.07. The van der Waals surface area contributed by atoms with Crippen molar-refractivity contribution in [2.45, 2.75) is 13.3 Å². The fourth-order valence-corrected chi connectivity index (χ4v) is 3.16. The zero-order chi connectivity index (χ0) is 12.1. The van der Waals surface area contributed by atoms with E-state index in [4.69, 9.17) is 4.74 Å². The van der Waals surface area contributed by atoms with Crippen LogP contribution in [-0.2, 0) is 11.2 Å². The van der Waals surface area contributed by atoms with Crippen molar-refractivity contribution in [3.63, 3.8) is 0 Å². The second-order valence-corrected chi connectivity index (χ2v) is 5.60. The molecular formula is C12H16N2OS2. The van der Waals surface area contributed by atoms with Gasteiger partial charge in [-0.1, -0.05) is 6.92 Å². The van der Waals surface area contributed by atoms with Gasteiger partial charge in [-0.25, -0.2) is 4.98 Å². The number of thiazole rings is 1. The summed E-state index contributed by atoms with van der Waals surface area (Å²) < 4.78 is 4.99. The second-order valence-electron chi connectivity index (χ2n) is 3.58. The molecule has 2 heterocycles. The zero-order valence-electron chi connectivity index (χ0n) is 10.0. The Morgan fingerprint density at radius 1 is 1.41 bits per heavy atom. The number of nitrogens with one attached hydrogen (secondary N) is 1. The van der Waals surface area contributed by atoms with E-state index in [0.717, 1.165) is 23.8 Å². The van der Waals surface area contributed by atoms with E-state index in [1.54, 1.807) is 18.4 Å². The molecule has 0 unspecified atom stereocenters. The van der Waals surface area contributed by atoms with Gasteiger partial charge in [0.25, 0.3) is 0 Å². The topological polar surface area (TPSA) is 34.1 Å². The molecule has 1 N–H and O–H groups in total. The fourth-order valence-electron chi connectivity index (χ4n) is 1.43. The molecule has 0 saturated carbocycles. The van der Waals surface area contributed by atoms with Crippen LogP contribution in [0.1, 0.15) is 11.8 Å². The van der Waals surface area contributed by atoms with Crippen LogP contribution in [0.25, 0.3) is 10.6 Å². The summed E-state index contributed by atoms with van der Waals surface area (Å²) in [5, 5.41) is 6.30. The Hall–Kier alpha value is -0.910. The van der Waals surface area contributed by atoms with Crippen molar-refractivity contribution in [2.75, 3.05) is 25.6 Å². The van der Waals surface area contributed by atoms with E-state index in [2.05, 4.69) is 34.7 Å². The highest BCUT2D eigenvalue weighted by atomic mass is 32.1. The summed E-state index contributed by atoms with van der Waals surface area (Å²) in [6, 6.07) is 4.33. The minimum Gasteiger partial charge on any atom is -0.383 e. The number of hydrogen-bond acceptors (Lipinski definition) is 5. The van der Waals surface area contributed by atoms with Crippen molar-refractivity contribution >= 4 is 27.8 Å². The van der Waals surface area contributed by atoms with Crippen molar-refractivity contribution in [1.82, 2.24) is 4.98 Å². The van der Waals surface area contributed by atoms with Crippen molar-refractivity contribution in [3.05, 3.63) is 22.4 Å². The monoisotopic (exact) mass is 268 g/mol. The highest BCUT2D eigenvalue weighted by Crippen LogP contribution is 2.30. The van der Waals surface area contributed by atoms with Crippen LogP contribution in [-0.4, -0.2) is 25.2 Å². The first kappa shape index (κ1) is 12.5. The van der Waals surface area contributed by atoms with Gasteiger partial charge < -0.3 is 10.1 Å². The summed E-state index contributed by atoms with van der Waals surface area (Å²) in [5.74, 6) is 0. The third-order valence-corrected chi connectivity index (χ3v) is 4.40. The van der Waals surface area contributed by atoms with Gasteiger partial charge in [-0.05, 0) is 18.6 Å². The summed E-state index contributed by atoms with van der Waals surface area (Å²) >= 11 is 3.46. The lowest BCUT2D eigenvalue weighted by Gasteiger charge is -1.99. The smallest absolute Gasteiger partial charge is 0.183 e. The van der Waals surface area contributed by atoms with E-state index in [0.29, 0.717) is 6.61 Å². The Morgan fingerprint density at radius 3 is 3.00 bits per heavy atom. The van der Waals surface area contributed by atoms with Crippen LogP contribution >= 0.6 is 22.7 Å². The molecule has 0 aliphatic rings. The van der Waals surface area contributed by atoms with Gasteiger partial charge in [0.2, 0.25) is 0 Å². The van der Waals surface area contributed by atoms with Crippen molar-refractivity contribution in [2.24, 2.45) is 0 Å². The Bertz CT molecular complexity index is 465. The summed E-state index contributed by atoms with van der Waals surface area (Å²) in [4.78, 5) is 7.21. The molecule has 0 saturated heterocycles. The maximum atomic E-state index is 4.99. The quantitative estimate of drug-likeness (QED) is 0.814. The van der Waals surface area contributed by atoms with Gasteiger partial charge in [0.1, 0.15) is 0 Å². The van der Waals surface area contributed by atoms with Gasteiger partial charge in [0.15, 0.2) is 5.13 Å². The van der Waals surface area contributed by atoms with Crippen LogP contribution in [0, 0.1) is 0 Å². The fraction of sp³-hybridized carbons (Fsp3) is 0.417. The van der Waals surface area contributed by atoms with Gasteiger partial charge in [0, 0.05) is 23.9 Å². The molecule has 0 spiro atoms. The van der Waals surface area contributed by atoms with E-state index >= 15 is 0 Å². The van der Waals surface area contributed by atoms with Gasteiger partial charge in [-0.3, -0.25) is 0 Å². The number of thiophene rings is 1. The number of rotatable bonds is 6. The average molecular weight is 268 g/mol. The predicted octanol–water partition coefficient (Wildman–Crippen LogP) is 3.49. The maximum absolute atomic E-state index is 4.99. The Morgan fingerprint density at radius 2 is 2.29 bits per heavy atom. The molecule has 17 heavy (non-hydrogen) atoms. The molecule has 2 rings (SSSR count). The van der Waals surface area contributed by atoms with Crippen LogP contribution in [0.3, 0.4) is 0 Å². The molecule has 0 aliphatic heterocycles. The minimum atomic E-state index is 0.702. The third-order valence-electron chi connectivity index (χ3n) is 2.35. The zero-order valence-corrected chi connectivity index (χ0v) is 11.7. The SMILES string of the molecule is CCc1ccc(-c2csc(NCCOC)n2)s1. The van der Waals surface area contributed by atoms with Crippen LogP contribution in [0.5, 0.6) is 0 Å². The van der Waals surface area contributed by atoms with E-state index in [1.165, 1.54) is 9.75 Å². The molecule has 3 nitrogen and oxygen atoms in total. The highest BCUT2D eigenvalue weighted by molar-refractivity contribution is 7.17. The lowest BCUT2D eigenvalue weighted by Crippen LogP contribution is -2.06. The number of anilines is 1. The molecule has 2 aromatic rings. The van der Waals surface area contributed by atoms with E-state index in [1.807, 2.05) is 11.3 Å². The summed E-state index contributed by atoms with van der Waals surface area (Å²) in [6.07, 6.45) is 1.09. The number of methoxy groups -OCH3 is 1. The molecule has 0 radical (unpaired) electrons. The van der Waals surface area contributed by atoms with Gasteiger partial charge in [0.05, 0.1) is 17.2 Å². The molecule has 92 valence electrons. The van der Waals surface area contributed by atoms with Crippen LogP contribution in [0.15, 0.2) is 17.5 Å². The van der Waals surface area contributed by atoms with Crippen molar-refractivity contribution in [3.8, 4) is 10.6 Å². The molecule has 0 amide bonds. The number of aryl methyl sites for hydroxylation is 1. The van der Waals surface area contributed by atoms with E-state index in [-0.39, 0.29) is 0 Å². The molecule has 0 aliphatic carbocycles. The van der Waals surface area contributed by atoms with Crippen LogP contribution < -0.4 is 5.32 Å². The maximum Gasteiger partial charge on any atom is 0.183 e. The van der Waals surface area contributed by atoms with Crippen LogP contribution in [0.4, 0.5) is 5.13 Å². The van der Waals surface area contributed by atoms with E-state index in [9.17, 15) is 0 Å². The first-order valence-corrected chi connectivity index (χ1v) is 7.30.